The largest absolute Gasteiger partial charge is 0.573 e. The Kier molecular flexibility index (Phi) is 2.75. The SMILES string of the molecule is FC(F)(F)Oc1ccc2ccc(Br)nc2c1. The van der Waals surface area contributed by atoms with Gasteiger partial charge in [0.2, 0.25) is 0 Å². The molecule has 0 spiro atoms. The van der Waals surface area contributed by atoms with Crippen LogP contribution in [0.25, 0.3) is 10.9 Å². The topological polar surface area (TPSA) is 22.1 Å². The first-order valence-corrected chi connectivity index (χ1v) is 5.05. The lowest BCUT2D eigenvalue weighted by atomic mass is 10.2. The van der Waals surface area contributed by atoms with E-state index >= 15 is 0 Å². The van der Waals surface area contributed by atoms with Crippen LogP contribution < -0.4 is 4.74 Å². The molecular formula is C10H5BrF3NO. The molecular weight excluding hydrogens is 287 g/mol. The van der Waals surface area contributed by atoms with E-state index in [9.17, 15) is 13.2 Å². The van der Waals surface area contributed by atoms with Gasteiger partial charge in [0.1, 0.15) is 10.4 Å². The molecule has 0 unspecified atom stereocenters. The van der Waals surface area contributed by atoms with Gasteiger partial charge in [0.25, 0.3) is 0 Å². The van der Waals surface area contributed by atoms with Crippen molar-refractivity contribution in [3.8, 4) is 5.75 Å². The minimum absolute atomic E-state index is 0.273. The van der Waals surface area contributed by atoms with E-state index in [0.29, 0.717) is 10.1 Å². The van der Waals surface area contributed by atoms with E-state index in [-0.39, 0.29) is 5.75 Å². The van der Waals surface area contributed by atoms with E-state index in [2.05, 4.69) is 25.7 Å². The van der Waals surface area contributed by atoms with Crippen molar-refractivity contribution in [1.29, 1.82) is 0 Å². The lowest BCUT2D eigenvalue weighted by Gasteiger charge is -2.09. The maximum Gasteiger partial charge on any atom is 0.573 e. The normalized spacial score (nSPS) is 11.8. The van der Waals surface area contributed by atoms with Gasteiger partial charge in [-0.3, -0.25) is 0 Å². The third-order valence-corrected chi connectivity index (χ3v) is 2.30. The van der Waals surface area contributed by atoms with Gasteiger partial charge in [-0.1, -0.05) is 6.07 Å². The molecule has 1 heterocycles. The maximum absolute atomic E-state index is 12.0. The van der Waals surface area contributed by atoms with Crippen LogP contribution in [0, 0.1) is 0 Å². The molecule has 0 atom stereocenters. The summed E-state index contributed by atoms with van der Waals surface area (Å²) in [6.07, 6.45) is -4.68. The predicted molar refractivity (Wildman–Crippen MR) is 56.1 cm³/mol. The fourth-order valence-electron chi connectivity index (χ4n) is 1.27. The number of ether oxygens (including phenoxy) is 1. The summed E-state index contributed by atoms with van der Waals surface area (Å²) in [5, 5.41) is 0.748. The van der Waals surface area contributed by atoms with Crippen molar-refractivity contribution in [2.24, 2.45) is 0 Å². The highest BCUT2D eigenvalue weighted by Crippen LogP contribution is 2.26. The average molecular weight is 292 g/mol. The van der Waals surface area contributed by atoms with Gasteiger partial charge in [0, 0.05) is 11.5 Å². The van der Waals surface area contributed by atoms with E-state index in [1.54, 1.807) is 12.1 Å². The van der Waals surface area contributed by atoms with Crippen LogP contribution in [-0.4, -0.2) is 11.3 Å². The molecule has 0 bridgehead atoms. The summed E-state index contributed by atoms with van der Waals surface area (Å²) in [5.41, 5.74) is 0.441. The molecule has 0 aliphatic carbocycles. The molecule has 0 amide bonds. The average Bonchev–Trinajstić information content (AvgIpc) is 2.14. The number of hydrogen-bond donors (Lipinski definition) is 0. The third-order valence-electron chi connectivity index (χ3n) is 1.86. The molecule has 1 aromatic carbocycles. The molecule has 0 fully saturated rings. The van der Waals surface area contributed by atoms with Gasteiger partial charge in [0.05, 0.1) is 5.52 Å². The summed E-state index contributed by atoms with van der Waals surface area (Å²) in [5.74, 6) is -0.273. The van der Waals surface area contributed by atoms with Crippen LogP contribution in [0.4, 0.5) is 13.2 Å². The van der Waals surface area contributed by atoms with Crippen LogP contribution in [0.5, 0.6) is 5.75 Å². The first-order chi connectivity index (χ1) is 7.44. The van der Waals surface area contributed by atoms with Crippen LogP contribution in [0.2, 0.25) is 0 Å². The predicted octanol–water partition coefficient (Wildman–Crippen LogP) is 3.90. The molecule has 0 aliphatic heterocycles. The fourth-order valence-corrected chi connectivity index (χ4v) is 1.59. The first kappa shape index (κ1) is 11.2. The molecule has 0 radical (unpaired) electrons. The van der Waals surface area contributed by atoms with Gasteiger partial charge in [-0.05, 0) is 34.1 Å². The van der Waals surface area contributed by atoms with Gasteiger partial charge in [-0.15, -0.1) is 13.2 Å². The second-order valence-corrected chi connectivity index (χ2v) is 3.85. The Morgan fingerprint density at radius 3 is 2.50 bits per heavy atom. The second kappa shape index (κ2) is 3.93. The van der Waals surface area contributed by atoms with Crippen LogP contribution in [-0.2, 0) is 0 Å². The van der Waals surface area contributed by atoms with Crippen molar-refractivity contribution in [2.75, 3.05) is 0 Å². The van der Waals surface area contributed by atoms with E-state index < -0.39 is 6.36 Å². The fraction of sp³-hybridized carbons (Fsp3) is 0.100. The molecule has 6 heteroatoms. The molecule has 2 nitrogen and oxygen atoms in total. The van der Waals surface area contributed by atoms with E-state index in [0.717, 1.165) is 5.39 Å². The highest BCUT2D eigenvalue weighted by atomic mass is 79.9. The zero-order valence-electron chi connectivity index (χ0n) is 7.75. The number of rotatable bonds is 1. The lowest BCUT2D eigenvalue weighted by Crippen LogP contribution is -2.17. The minimum Gasteiger partial charge on any atom is -0.406 e. The molecule has 84 valence electrons. The number of alkyl halides is 3. The second-order valence-electron chi connectivity index (χ2n) is 3.04. The summed E-state index contributed by atoms with van der Waals surface area (Å²) in [4.78, 5) is 4.04. The van der Waals surface area contributed by atoms with Crippen molar-refractivity contribution < 1.29 is 17.9 Å². The van der Waals surface area contributed by atoms with Crippen LogP contribution in [0.3, 0.4) is 0 Å². The van der Waals surface area contributed by atoms with Crippen molar-refractivity contribution in [3.63, 3.8) is 0 Å². The Bertz CT molecular complexity index is 527. The van der Waals surface area contributed by atoms with Gasteiger partial charge in [-0.25, -0.2) is 4.98 Å². The number of nitrogens with zero attached hydrogens (tertiary/aromatic N) is 1. The highest BCUT2D eigenvalue weighted by Gasteiger charge is 2.31. The first-order valence-electron chi connectivity index (χ1n) is 4.26. The Labute approximate surface area is 97.2 Å². The summed E-state index contributed by atoms with van der Waals surface area (Å²) in [6, 6.07) is 7.49. The molecule has 2 aromatic rings. The van der Waals surface area contributed by atoms with Crippen LogP contribution >= 0.6 is 15.9 Å². The molecule has 16 heavy (non-hydrogen) atoms. The molecule has 0 saturated heterocycles. The Balaban J connectivity index is 2.43. The molecule has 0 N–H and O–H groups in total. The Morgan fingerprint density at radius 1 is 1.12 bits per heavy atom. The summed E-state index contributed by atoms with van der Waals surface area (Å²) < 4.78 is 40.3. The third kappa shape index (κ3) is 2.63. The Hall–Kier alpha value is -1.30. The summed E-state index contributed by atoms with van der Waals surface area (Å²) >= 11 is 3.14. The van der Waals surface area contributed by atoms with Crippen molar-refractivity contribution in [3.05, 3.63) is 34.9 Å². The van der Waals surface area contributed by atoms with Crippen molar-refractivity contribution >= 4 is 26.8 Å². The van der Waals surface area contributed by atoms with Crippen LogP contribution in [0.1, 0.15) is 0 Å². The summed E-state index contributed by atoms with van der Waals surface area (Å²) in [6.45, 7) is 0. The standard InChI is InChI=1S/C10H5BrF3NO/c11-9-4-2-6-1-3-7(5-8(6)15-9)16-10(12,13)14/h1-5H. The van der Waals surface area contributed by atoms with E-state index in [1.165, 1.54) is 18.2 Å². The van der Waals surface area contributed by atoms with E-state index in [4.69, 9.17) is 0 Å². The number of aromatic nitrogens is 1. The molecule has 0 aliphatic rings. The number of halogens is 4. The van der Waals surface area contributed by atoms with Gasteiger partial charge in [-0.2, -0.15) is 0 Å². The number of fused-ring (bicyclic) bond motifs is 1. The smallest absolute Gasteiger partial charge is 0.406 e. The van der Waals surface area contributed by atoms with E-state index in [1.807, 2.05) is 0 Å². The zero-order valence-corrected chi connectivity index (χ0v) is 9.34. The number of pyridine rings is 1. The lowest BCUT2D eigenvalue weighted by molar-refractivity contribution is -0.274. The van der Waals surface area contributed by atoms with Gasteiger partial charge in [0.15, 0.2) is 0 Å². The van der Waals surface area contributed by atoms with Crippen molar-refractivity contribution in [1.82, 2.24) is 4.98 Å². The molecule has 1 aromatic heterocycles. The van der Waals surface area contributed by atoms with Crippen molar-refractivity contribution in [2.45, 2.75) is 6.36 Å². The van der Waals surface area contributed by atoms with Crippen LogP contribution in [0.15, 0.2) is 34.9 Å². The molecule has 2 rings (SSSR count). The highest BCUT2D eigenvalue weighted by molar-refractivity contribution is 9.10. The zero-order chi connectivity index (χ0) is 11.8. The number of benzene rings is 1. The monoisotopic (exact) mass is 291 g/mol. The number of hydrogen-bond acceptors (Lipinski definition) is 2. The van der Waals surface area contributed by atoms with Gasteiger partial charge >= 0.3 is 6.36 Å². The van der Waals surface area contributed by atoms with Gasteiger partial charge < -0.3 is 4.74 Å². The molecule has 0 saturated carbocycles. The minimum atomic E-state index is -4.68. The maximum atomic E-state index is 12.0. The Morgan fingerprint density at radius 2 is 1.81 bits per heavy atom. The summed E-state index contributed by atoms with van der Waals surface area (Å²) in [7, 11) is 0. The quantitative estimate of drug-likeness (QED) is 0.744.